The van der Waals surface area contributed by atoms with E-state index in [2.05, 4.69) is 0 Å². The molecule has 1 aromatic carbocycles. The van der Waals surface area contributed by atoms with Crippen LogP contribution in [0.5, 0.6) is 5.75 Å². The number of nitrogens with zero attached hydrogens (tertiary/aromatic N) is 1. The minimum atomic E-state index is -0.689. The van der Waals surface area contributed by atoms with E-state index in [-0.39, 0.29) is 52.0 Å². The first kappa shape index (κ1) is 11.5. The summed E-state index contributed by atoms with van der Waals surface area (Å²) in [6.07, 6.45) is 0. The number of benzene rings is 1. The molecule has 1 aromatic rings. The molecule has 0 aromatic heterocycles. The van der Waals surface area contributed by atoms with Gasteiger partial charge >= 0.3 is 43.4 Å². The van der Waals surface area contributed by atoms with Crippen molar-refractivity contribution in [1.82, 2.24) is 0 Å². The van der Waals surface area contributed by atoms with E-state index in [1.54, 1.807) is 0 Å². The molecule has 0 unspecified atom stereocenters. The molecule has 0 saturated heterocycles. The third-order valence-corrected chi connectivity index (χ3v) is 1.24. The van der Waals surface area contributed by atoms with Crippen molar-refractivity contribution in [3.63, 3.8) is 0 Å². The van der Waals surface area contributed by atoms with Crippen LogP contribution in [0.15, 0.2) is 18.2 Å². The number of nitrogens with two attached hydrogens (primary N) is 1. The number of rotatable bonds is 1. The Bertz CT molecular complexity index is 311. The number of nitro benzene ring substituents is 1. The zero-order valence-electron chi connectivity index (χ0n) is 8.23. The zero-order valence-corrected chi connectivity index (χ0v) is 8.44. The summed E-state index contributed by atoms with van der Waals surface area (Å²) in [6, 6.07) is 3.99. The van der Waals surface area contributed by atoms with Gasteiger partial charge in [-0.25, -0.2) is 0 Å². The Kier molecular flexibility index (Phi) is 4.30. The van der Waals surface area contributed by atoms with Gasteiger partial charge < -0.3 is 13.7 Å². The van der Waals surface area contributed by atoms with Crippen LogP contribution >= 0.6 is 0 Å². The van der Waals surface area contributed by atoms with Gasteiger partial charge in [-0.1, -0.05) is 6.07 Å². The fraction of sp³-hybridized carbons (Fsp3) is 0. The fourth-order valence-corrected chi connectivity index (χ4v) is 0.696. The Morgan fingerprint density at radius 2 is 2.17 bits per heavy atom. The van der Waals surface area contributed by atoms with Crippen molar-refractivity contribution in [3.8, 4) is 5.75 Å². The molecule has 0 fully saturated rings. The van der Waals surface area contributed by atoms with Crippen LogP contribution < -0.4 is 5.73 Å². The fourth-order valence-electron chi connectivity index (χ4n) is 0.696. The topological polar surface area (TPSA) is 89.4 Å². The number of nitro groups is 1. The molecule has 0 aliphatic carbocycles. The molecule has 0 amide bonds. The van der Waals surface area contributed by atoms with Crippen LogP contribution in [0.3, 0.4) is 0 Å². The third-order valence-electron chi connectivity index (χ3n) is 1.24. The summed E-state index contributed by atoms with van der Waals surface area (Å²) < 4.78 is 0. The van der Waals surface area contributed by atoms with Crippen LogP contribution in [0.25, 0.3) is 0 Å². The first-order valence-corrected chi connectivity index (χ1v) is 2.85. The Morgan fingerprint density at radius 3 is 2.58 bits per heavy atom. The van der Waals surface area contributed by atoms with E-state index in [1.807, 2.05) is 0 Å². The molecule has 3 N–H and O–H groups in total. The molecular weight excluding hydrogens is 188 g/mol. The number of anilines is 1. The van der Waals surface area contributed by atoms with Gasteiger partial charge in [-0.15, -0.1) is 0 Å². The second-order valence-corrected chi connectivity index (χ2v) is 1.97. The molecule has 0 heterocycles. The normalized spacial score (nSPS) is 8.67. The second kappa shape index (κ2) is 4.49. The predicted octanol–water partition coefficient (Wildman–Crippen LogP) is 0.727. The van der Waals surface area contributed by atoms with Crippen LogP contribution in [-0.2, 0) is 0 Å². The molecule has 6 heteroatoms. The molecule has 0 saturated carbocycles. The molecule has 5 nitrogen and oxygen atoms in total. The molecular formula is C6H8CaN2O3. The summed E-state index contributed by atoms with van der Waals surface area (Å²) in [4.78, 5) is 9.48. The van der Waals surface area contributed by atoms with Gasteiger partial charge in [0.25, 0.3) is 0 Å². The maximum Gasteiger partial charge on any atom is 2.00 e. The van der Waals surface area contributed by atoms with Gasteiger partial charge in [0, 0.05) is 6.07 Å². The average Bonchev–Trinajstić information content (AvgIpc) is 1.94. The molecule has 0 aliphatic rings. The van der Waals surface area contributed by atoms with Crippen LogP contribution in [0.2, 0.25) is 0 Å². The number of phenolic OH excluding ortho intramolecular Hbond substituents is 1. The second-order valence-electron chi connectivity index (χ2n) is 1.97. The van der Waals surface area contributed by atoms with E-state index in [9.17, 15) is 10.1 Å². The molecule has 0 radical (unpaired) electrons. The van der Waals surface area contributed by atoms with E-state index in [4.69, 9.17) is 10.8 Å². The summed E-state index contributed by atoms with van der Waals surface area (Å²) in [5.74, 6) is -0.475. The Balaban J connectivity index is -0.000000403. The average molecular weight is 196 g/mol. The van der Waals surface area contributed by atoms with Crippen LogP contribution in [0.4, 0.5) is 11.4 Å². The van der Waals surface area contributed by atoms with Crippen LogP contribution in [0.1, 0.15) is 2.85 Å². The van der Waals surface area contributed by atoms with Crippen LogP contribution in [0, 0.1) is 10.1 Å². The maximum absolute atomic E-state index is 10.2. The van der Waals surface area contributed by atoms with Crippen molar-refractivity contribution in [1.29, 1.82) is 0 Å². The van der Waals surface area contributed by atoms with Crippen molar-refractivity contribution in [3.05, 3.63) is 28.3 Å². The third kappa shape index (κ3) is 2.23. The molecule has 62 valence electrons. The SMILES string of the molecule is Nc1cccc([N+](=O)[O-])c1O.[Ca+2].[H-].[H-]. The van der Waals surface area contributed by atoms with Crippen molar-refractivity contribution in [2.24, 2.45) is 0 Å². The number of para-hydroxylation sites is 1. The van der Waals surface area contributed by atoms with E-state index in [0.717, 1.165) is 0 Å². The van der Waals surface area contributed by atoms with Crippen molar-refractivity contribution in [2.45, 2.75) is 0 Å². The van der Waals surface area contributed by atoms with E-state index in [0.29, 0.717) is 0 Å². The zero-order chi connectivity index (χ0) is 8.43. The van der Waals surface area contributed by atoms with Crippen molar-refractivity contribution >= 4 is 49.1 Å². The van der Waals surface area contributed by atoms with Crippen molar-refractivity contribution in [2.75, 3.05) is 5.73 Å². The summed E-state index contributed by atoms with van der Waals surface area (Å²) in [5, 5.41) is 19.2. The number of hydrogen-bond acceptors (Lipinski definition) is 4. The Morgan fingerprint density at radius 1 is 1.58 bits per heavy atom. The van der Waals surface area contributed by atoms with Gasteiger partial charge in [-0.2, -0.15) is 0 Å². The van der Waals surface area contributed by atoms with Gasteiger partial charge in [0.1, 0.15) is 0 Å². The molecule has 0 spiro atoms. The van der Waals surface area contributed by atoms with Crippen LogP contribution in [-0.4, -0.2) is 47.8 Å². The standard InChI is InChI=1S/C6H6N2O3.Ca.2H/c7-4-2-1-3-5(6(4)9)8(10)11;;;/h1-3,9H,7H2;;;/q;+2;2*-1. The first-order chi connectivity index (χ1) is 5.13. The summed E-state index contributed by atoms with van der Waals surface area (Å²) in [5.41, 5.74) is 4.85. The minimum absolute atomic E-state index is 0. The summed E-state index contributed by atoms with van der Waals surface area (Å²) in [6.45, 7) is 0. The summed E-state index contributed by atoms with van der Waals surface area (Å²) >= 11 is 0. The van der Waals surface area contributed by atoms with E-state index < -0.39 is 10.7 Å². The van der Waals surface area contributed by atoms with E-state index in [1.165, 1.54) is 18.2 Å². The van der Waals surface area contributed by atoms with Gasteiger partial charge in [0.2, 0.25) is 5.75 Å². The van der Waals surface area contributed by atoms with Gasteiger partial charge in [-0.3, -0.25) is 10.1 Å². The maximum atomic E-state index is 10.2. The predicted molar refractivity (Wildman–Crippen MR) is 47.2 cm³/mol. The number of phenols is 1. The Labute approximate surface area is 101 Å². The minimum Gasteiger partial charge on any atom is -1.00 e. The largest absolute Gasteiger partial charge is 2.00 e. The van der Waals surface area contributed by atoms with Crippen molar-refractivity contribution < 1.29 is 12.9 Å². The molecule has 1 rings (SSSR count). The first-order valence-electron chi connectivity index (χ1n) is 2.85. The molecule has 0 atom stereocenters. The van der Waals surface area contributed by atoms with Gasteiger partial charge in [-0.05, 0) is 6.07 Å². The molecule has 12 heavy (non-hydrogen) atoms. The number of hydrogen-bond donors (Lipinski definition) is 2. The van der Waals surface area contributed by atoms with E-state index >= 15 is 0 Å². The number of nitrogen functional groups attached to an aromatic ring is 1. The molecule has 0 aliphatic heterocycles. The smallest absolute Gasteiger partial charge is 1.00 e. The van der Waals surface area contributed by atoms with Gasteiger partial charge in [0.05, 0.1) is 10.6 Å². The number of aromatic hydroxyl groups is 1. The monoisotopic (exact) mass is 196 g/mol. The quantitative estimate of drug-likeness (QED) is 0.228. The van der Waals surface area contributed by atoms with Gasteiger partial charge in [0.15, 0.2) is 0 Å². The molecule has 0 bridgehead atoms. The Hall–Kier alpha value is -0.520. The summed E-state index contributed by atoms with van der Waals surface area (Å²) in [7, 11) is 0.